The molecule has 0 fully saturated rings. The maximum atomic E-state index is 6.61. The Balaban J connectivity index is 1.04. The Morgan fingerprint density at radius 2 is 0.486 bits per heavy atom. The van der Waals surface area contributed by atoms with Crippen molar-refractivity contribution in [3.05, 3.63) is 166 Å². The Hall–Kier alpha value is -5.48. The van der Waals surface area contributed by atoms with Gasteiger partial charge in [-0.15, -0.1) is 0 Å². The van der Waals surface area contributed by atoms with E-state index in [1.165, 1.54) is 195 Å². The third kappa shape index (κ3) is 12.6. The Morgan fingerprint density at radius 1 is 0.270 bits per heavy atom. The van der Waals surface area contributed by atoms with Crippen molar-refractivity contribution in [3.63, 3.8) is 0 Å². The summed E-state index contributed by atoms with van der Waals surface area (Å²) in [6.45, 7) is 11.3. The summed E-state index contributed by atoms with van der Waals surface area (Å²) in [7, 11) is 0. The standard InChI is InChI=1S/C70H88O4/c1-5-9-13-17-21-41-69(42-22-18-14-10-6-2)65-45-53-25-37-61(65)62-38-26-54(46-66(62)69)50-72-58-31-35-60(36-32-58)74-52-56-28-40-64-63-39-27-55(51-73-59-33-29-57(30-34-59)71-49-53)47-67(63)70(68(64)48-56,43-23-19-15-11-7-3)44-24-20-16-12-8-4/h25-40,45-48H,5-24,41-44,49-52H2,1-4H3. The first-order chi connectivity index (χ1) is 36.5. The maximum Gasteiger partial charge on any atom is 0.120 e. The van der Waals surface area contributed by atoms with E-state index in [1.54, 1.807) is 0 Å². The van der Waals surface area contributed by atoms with Gasteiger partial charge >= 0.3 is 0 Å². The number of ether oxygens (including phenoxy) is 4. The van der Waals surface area contributed by atoms with Crippen LogP contribution in [0.1, 0.15) is 226 Å². The van der Waals surface area contributed by atoms with Gasteiger partial charge < -0.3 is 18.9 Å². The van der Waals surface area contributed by atoms with E-state index >= 15 is 0 Å². The Morgan fingerprint density at radius 3 is 0.703 bits per heavy atom. The van der Waals surface area contributed by atoms with Crippen LogP contribution in [0.3, 0.4) is 0 Å². The number of unbranched alkanes of at least 4 members (excludes halogenated alkanes) is 16. The fraction of sp³-hybridized carbons (Fsp3) is 0.486. The predicted molar refractivity (Wildman–Crippen MR) is 309 cm³/mol. The van der Waals surface area contributed by atoms with Crippen LogP contribution in [0.5, 0.6) is 23.0 Å². The van der Waals surface area contributed by atoms with Gasteiger partial charge in [-0.3, -0.25) is 0 Å². The first-order valence-corrected chi connectivity index (χ1v) is 29.7. The summed E-state index contributed by atoms with van der Waals surface area (Å²) in [6.07, 6.45) is 30.2. The van der Waals surface area contributed by atoms with Crippen LogP contribution in [0.25, 0.3) is 22.3 Å². The molecule has 4 nitrogen and oxygen atoms in total. The van der Waals surface area contributed by atoms with Crippen LogP contribution in [-0.4, -0.2) is 0 Å². The highest BCUT2D eigenvalue weighted by Crippen LogP contribution is 2.56. The van der Waals surface area contributed by atoms with Gasteiger partial charge in [0.1, 0.15) is 49.4 Å². The van der Waals surface area contributed by atoms with Gasteiger partial charge in [-0.1, -0.05) is 229 Å². The van der Waals surface area contributed by atoms with Crippen LogP contribution in [0.15, 0.2) is 121 Å². The van der Waals surface area contributed by atoms with Gasteiger partial charge in [0.15, 0.2) is 0 Å². The van der Waals surface area contributed by atoms with E-state index in [9.17, 15) is 0 Å². The molecule has 0 atom stereocenters. The zero-order valence-corrected chi connectivity index (χ0v) is 46.0. The van der Waals surface area contributed by atoms with Crippen LogP contribution in [0, 0.1) is 0 Å². The Bertz CT molecular complexity index is 2320. The number of hydrogen-bond acceptors (Lipinski definition) is 4. The van der Waals surface area contributed by atoms with Gasteiger partial charge in [-0.05, 0) is 141 Å². The van der Waals surface area contributed by atoms with E-state index in [1.807, 2.05) is 0 Å². The lowest BCUT2D eigenvalue weighted by molar-refractivity contribution is 0.296. The molecular formula is C70H88O4. The number of fused-ring (bicyclic) bond motifs is 2. The molecule has 392 valence electrons. The smallest absolute Gasteiger partial charge is 0.120 e. The van der Waals surface area contributed by atoms with Crippen LogP contribution in [0.4, 0.5) is 0 Å². The van der Waals surface area contributed by atoms with Gasteiger partial charge in [0.25, 0.3) is 0 Å². The number of benzene rings is 6. The molecule has 0 radical (unpaired) electrons. The second-order valence-corrected chi connectivity index (χ2v) is 22.4. The topological polar surface area (TPSA) is 36.9 Å². The number of hydrogen-bond donors (Lipinski definition) is 0. The molecule has 4 aliphatic heterocycles. The van der Waals surface area contributed by atoms with Crippen molar-refractivity contribution in [2.45, 2.75) is 219 Å². The van der Waals surface area contributed by atoms with Crippen LogP contribution >= 0.6 is 0 Å². The molecule has 4 heterocycles. The average molecular weight is 993 g/mol. The third-order valence-corrected chi connectivity index (χ3v) is 17.1. The van der Waals surface area contributed by atoms with Gasteiger partial charge in [0.05, 0.1) is 0 Å². The van der Waals surface area contributed by atoms with Crippen molar-refractivity contribution >= 4 is 0 Å². The van der Waals surface area contributed by atoms with Crippen molar-refractivity contribution in [1.82, 2.24) is 0 Å². The lowest BCUT2D eigenvalue weighted by Crippen LogP contribution is -2.26. The molecule has 0 N–H and O–H groups in total. The minimum atomic E-state index is -0.0424. The van der Waals surface area contributed by atoms with Gasteiger partial charge in [0.2, 0.25) is 0 Å². The van der Waals surface area contributed by atoms with Crippen LogP contribution in [-0.2, 0) is 37.3 Å². The van der Waals surface area contributed by atoms with Crippen molar-refractivity contribution in [1.29, 1.82) is 0 Å². The highest BCUT2D eigenvalue weighted by atomic mass is 16.5. The molecule has 2 aliphatic carbocycles. The second kappa shape index (κ2) is 26.3. The summed E-state index contributed by atoms with van der Waals surface area (Å²) < 4.78 is 26.4. The summed E-state index contributed by atoms with van der Waals surface area (Å²) in [5.74, 6) is 3.45. The van der Waals surface area contributed by atoms with Crippen molar-refractivity contribution in [3.8, 4) is 45.3 Å². The van der Waals surface area contributed by atoms with Crippen molar-refractivity contribution in [2.24, 2.45) is 0 Å². The zero-order valence-electron chi connectivity index (χ0n) is 46.0. The Labute approximate surface area is 447 Å². The fourth-order valence-electron chi connectivity index (χ4n) is 12.9. The molecule has 12 rings (SSSR count). The first kappa shape index (κ1) is 53.3. The molecule has 0 unspecified atom stereocenters. The molecule has 0 saturated carbocycles. The van der Waals surface area contributed by atoms with Gasteiger partial charge in [0, 0.05) is 10.8 Å². The van der Waals surface area contributed by atoms with Crippen molar-refractivity contribution in [2.75, 3.05) is 0 Å². The van der Waals surface area contributed by atoms with Crippen LogP contribution < -0.4 is 18.9 Å². The lowest BCUT2D eigenvalue weighted by atomic mass is 9.70. The SMILES string of the molecule is CCCCCCCC1(CCCCCCC)c2cc3ccc2-c2ccc(cc21)COc1ccc(cc1)OCc1ccc2c(c1)C(CCCCCCC)(CCCCCCC)c1cc(ccc1-2)COc1ccc(cc1)OC3. The van der Waals surface area contributed by atoms with Crippen molar-refractivity contribution < 1.29 is 18.9 Å². The van der Waals surface area contributed by atoms with Gasteiger partial charge in [-0.25, -0.2) is 0 Å². The zero-order chi connectivity index (χ0) is 51.0. The highest BCUT2D eigenvalue weighted by molar-refractivity contribution is 5.83. The normalized spacial score (nSPS) is 14.9. The largest absolute Gasteiger partial charge is 0.489 e. The summed E-state index contributed by atoms with van der Waals surface area (Å²) in [6, 6.07) is 45.4. The van der Waals surface area contributed by atoms with Gasteiger partial charge in [-0.2, -0.15) is 0 Å². The van der Waals surface area contributed by atoms with E-state index in [4.69, 9.17) is 18.9 Å². The third-order valence-electron chi connectivity index (χ3n) is 17.1. The minimum absolute atomic E-state index is 0.0424. The van der Waals surface area contributed by atoms with E-state index in [0.717, 1.165) is 48.7 Å². The summed E-state index contributed by atoms with van der Waals surface area (Å²) in [4.78, 5) is 0. The molecule has 12 bridgehead atoms. The van der Waals surface area contributed by atoms with E-state index in [0.29, 0.717) is 26.4 Å². The van der Waals surface area contributed by atoms with E-state index in [-0.39, 0.29) is 10.8 Å². The molecule has 6 aromatic rings. The second-order valence-electron chi connectivity index (χ2n) is 22.4. The van der Waals surface area contributed by atoms with E-state index in [2.05, 4.69) is 149 Å². The molecule has 0 amide bonds. The summed E-state index contributed by atoms with van der Waals surface area (Å²) in [5.41, 5.74) is 16.3. The molecule has 6 aromatic carbocycles. The summed E-state index contributed by atoms with van der Waals surface area (Å²) in [5, 5.41) is 0. The molecular weight excluding hydrogens is 905 g/mol. The molecule has 6 aliphatic rings. The molecule has 4 heteroatoms. The molecule has 74 heavy (non-hydrogen) atoms. The Kier molecular flexibility index (Phi) is 19.0. The molecule has 0 saturated heterocycles. The predicted octanol–water partition coefficient (Wildman–Crippen LogP) is 20.3. The average Bonchev–Trinajstić information content (AvgIpc) is 3.87. The first-order valence-electron chi connectivity index (χ1n) is 29.7. The minimum Gasteiger partial charge on any atom is -0.489 e. The van der Waals surface area contributed by atoms with E-state index < -0.39 is 0 Å². The highest BCUT2D eigenvalue weighted by Gasteiger charge is 2.44. The fourth-order valence-corrected chi connectivity index (χ4v) is 12.9. The van der Waals surface area contributed by atoms with Crippen LogP contribution in [0.2, 0.25) is 0 Å². The lowest BCUT2D eigenvalue weighted by Gasteiger charge is -2.33. The maximum absolute atomic E-state index is 6.61. The molecule has 0 aromatic heterocycles. The molecule has 0 spiro atoms. The number of rotatable bonds is 24. The summed E-state index contributed by atoms with van der Waals surface area (Å²) >= 11 is 0. The quantitative estimate of drug-likeness (QED) is 0.0566. The monoisotopic (exact) mass is 993 g/mol.